The highest BCUT2D eigenvalue weighted by molar-refractivity contribution is 5.37. The van der Waals surface area contributed by atoms with Gasteiger partial charge in [0, 0.05) is 0 Å². The monoisotopic (exact) mass is 320 g/mol. The van der Waals surface area contributed by atoms with Crippen LogP contribution >= 0.6 is 0 Å². The summed E-state index contributed by atoms with van der Waals surface area (Å²) < 4.78 is 0. The van der Waals surface area contributed by atoms with Crippen LogP contribution in [-0.2, 0) is 25.7 Å². The molecule has 0 nitrogen and oxygen atoms in total. The second-order valence-electron chi connectivity index (χ2n) is 8.12. The van der Waals surface area contributed by atoms with Crippen molar-refractivity contribution >= 4 is 0 Å². The molecule has 0 amide bonds. The molecule has 2 aliphatic rings. The van der Waals surface area contributed by atoms with E-state index in [1.807, 2.05) is 0 Å². The van der Waals surface area contributed by atoms with Gasteiger partial charge in [-0.2, -0.15) is 0 Å². The Bertz CT molecular complexity index is 695. The Morgan fingerprint density at radius 3 is 2.00 bits per heavy atom. The minimum atomic E-state index is 0.888. The molecule has 0 saturated carbocycles. The zero-order chi connectivity index (χ0) is 17.1. The molecule has 0 saturated heterocycles. The molecule has 2 aliphatic carbocycles. The second-order valence-corrected chi connectivity index (χ2v) is 8.12. The van der Waals surface area contributed by atoms with E-state index in [1.54, 1.807) is 22.3 Å². The highest BCUT2D eigenvalue weighted by Gasteiger charge is 2.16. The van der Waals surface area contributed by atoms with Gasteiger partial charge in [-0.05, 0) is 97.6 Å². The van der Waals surface area contributed by atoms with Crippen molar-refractivity contribution in [1.29, 1.82) is 0 Å². The van der Waals surface area contributed by atoms with Gasteiger partial charge in [0.2, 0.25) is 0 Å². The van der Waals surface area contributed by atoms with E-state index in [0.717, 1.165) is 11.8 Å². The van der Waals surface area contributed by atoms with E-state index in [9.17, 15) is 0 Å². The van der Waals surface area contributed by atoms with Crippen LogP contribution in [0.15, 0.2) is 36.4 Å². The molecule has 0 bridgehead atoms. The number of fused-ring (bicyclic) bond motifs is 2. The van der Waals surface area contributed by atoms with Crippen LogP contribution in [-0.4, -0.2) is 0 Å². The molecule has 4 rings (SSSR count). The average molecular weight is 321 g/mol. The summed E-state index contributed by atoms with van der Waals surface area (Å²) in [6.45, 7) is 9.17. The SMILES string of the molecule is Cc1cccc2c1CC(C)CC2.Cc1cccc2c1CCC(C)C2. The Balaban J connectivity index is 0.000000141. The Morgan fingerprint density at radius 2 is 1.25 bits per heavy atom. The fourth-order valence-corrected chi connectivity index (χ4v) is 4.32. The lowest BCUT2D eigenvalue weighted by atomic mass is 9.83. The molecular formula is C24H32. The third-order valence-electron chi connectivity index (χ3n) is 5.93. The van der Waals surface area contributed by atoms with E-state index < -0.39 is 0 Å². The molecule has 0 aromatic heterocycles. The van der Waals surface area contributed by atoms with Crippen LogP contribution in [0.2, 0.25) is 0 Å². The summed E-state index contributed by atoms with van der Waals surface area (Å²) in [7, 11) is 0. The Hall–Kier alpha value is -1.56. The molecule has 2 unspecified atom stereocenters. The van der Waals surface area contributed by atoms with E-state index >= 15 is 0 Å². The van der Waals surface area contributed by atoms with Gasteiger partial charge in [0.15, 0.2) is 0 Å². The zero-order valence-corrected chi connectivity index (χ0v) is 15.9. The van der Waals surface area contributed by atoms with Crippen LogP contribution in [0, 0.1) is 25.7 Å². The lowest BCUT2D eigenvalue weighted by Crippen LogP contribution is -2.12. The normalized spacial score (nSPS) is 22.0. The van der Waals surface area contributed by atoms with E-state index in [0.29, 0.717) is 0 Å². The average Bonchev–Trinajstić information content (AvgIpc) is 2.56. The summed E-state index contributed by atoms with van der Waals surface area (Å²) in [5.41, 5.74) is 9.40. The molecule has 2 aromatic rings. The van der Waals surface area contributed by atoms with Crippen molar-refractivity contribution in [2.24, 2.45) is 11.8 Å². The van der Waals surface area contributed by atoms with Crippen LogP contribution in [0.25, 0.3) is 0 Å². The molecule has 0 aliphatic heterocycles. The summed E-state index contributed by atoms with van der Waals surface area (Å²) in [5, 5.41) is 0. The third-order valence-corrected chi connectivity index (χ3v) is 5.93. The first kappa shape index (κ1) is 17.3. The number of rotatable bonds is 0. The maximum Gasteiger partial charge on any atom is -0.0248 e. The van der Waals surface area contributed by atoms with E-state index in [-0.39, 0.29) is 0 Å². The topological polar surface area (TPSA) is 0 Å². The molecule has 0 heterocycles. The summed E-state index contributed by atoms with van der Waals surface area (Å²) in [6.07, 6.45) is 7.91. The van der Waals surface area contributed by atoms with Gasteiger partial charge in [0.1, 0.15) is 0 Å². The van der Waals surface area contributed by atoms with Crippen molar-refractivity contribution < 1.29 is 0 Å². The Kier molecular flexibility index (Phi) is 5.43. The quantitative estimate of drug-likeness (QED) is 0.539. The maximum absolute atomic E-state index is 2.36. The van der Waals surface area contributed by atoms with E-state index in [2.05, 4.69) is 64.1 Å². The van der Waals surface area contributed by atoms with Gasteiger partial charge in [-0.25, -0.2) is 0 Å². The minimum absolute atomic E-state index is 0.888. The van der Waals surface area contributed by atoms with Crippen LogP contribution in [0.4, 0.5) is 0 Å². The number of hydrogen-bond donors (Lipinski definition) is 0. The molecule has 0 radical (unpaired) electrons. The van der Waals surface area contributed by atoms with Crippen LogP contribution in [0.5, 0.6) is 0 Å². The smallest absolute Gasteiger partial charge is 0.0248 e. The predicted octanol–water partition coefficient (Wildman–Crippen LogP) is 6.24. The summed E-state index contributed by atoms with van der Waals surface area (Å²) >= 11 is 0. The molecule has 0 heteroatoms. The fraction of sp³-hybridized carbons (Fsp3) is 0.500. The third kappa shape index (κ3) is 3.91. The highest BCUT2D eigenvalue weighted by atomic mass is 14.2. The van der Waals surface area contributed by atoms with E-state index in [1.165, 1.54) is 49.7 Å². The standard InChI is InChI=1S/2C12H16/c1-9-6-7-12-10(2)4-3-5-11(12)8-9;1-9-6-7-11-5-3-4-10(2)12(11)8-9/h2*3-5,9H,6-8H2,1-2H3. The zero-order valence-electron chi connectivity index (χ0n) is 15.9. The van der Waals surface area contributed by atoms with Crippen LogP contribution < -0.4 is 0 Å². The van der Waals surface area contributed by atoms with Gasteiger partial charge < -0.3 is 0 Å². The first-order valence-electron chi connectivity index (χ1n) is 9.69. The molecule has 2 aromatic carbocycles. The minimum Gasteiger partial charge on any atom is -0.0622 e. The molecule has 0 spiro atoms. The first-order valence-corrected chi connectivity index (χ1v) is 9.69. The summed E-state index contributed by atoms with van der Waals surface area (Å²) in [4.78, 5) is 0. The van der Waals surface area contributed by atoms with Gasteiger partial charge in [0.25, 0.3) is 0 Å². The summed E-state index contributed by atoms with van der Waals surface area (Å²) in [6, 6.07) is 13.4. The Morgan fingerprint density at radius 1 is 0.667 bits per heavy atom. The van der Waals surface area contributed by atoms with Crippen molar-refractivity contribution in [3.8, 4) is 0 Å². The van der Waals surface area contributed by atoms with Gasteiger partial charge in [-0.15, -0.1) is 0 Å². The van der Waals surface area contributed by atoms with Gasteiger partial charge >= 0.3 is 0 Å². The molecule has 128 valence electrons. The van der Waals surface area contributed by atoms with Crippen molar-refractivity contribution in [3.05, 3.63) is 69.8 Å². The predicted molar refractivity (Wildman–Crippen MR) is 105 cm³/mol. The largest absolute Gasteiger partial charge is 0.0622 e. The van der Waals surface area contributed by atoms with Crippen molar-refractivity contribution in [2.45, 2.75) is 66.2 Å². The Labute approximate surface area is 148 Å². The lowest BCUT2D eigenvalue weighted by molar-refractivity contribution is 0.499. The maximum atomic E-state index is 2.36. The number of aryl methyl sites for hydroxylation is 3. The van der Waals surface area contributed by atoms with Gasteiger partial charge in [-0.3, -0.25) is 0 Å². The van der Waals surface area contributed by atoms with Gasteiger partial charge in [0.05, 0.1) is 0 Å². The van der Waals surface area contributed by atoms with Crippen molar-refractivity contribution in [1.82, 2.24) is 0 Å². The second kappa shape index (κ2) is 7.55. The van der Waals surface area contributed by atoms with Crippen LogP contribution in [0.3, 0.4) is 0 Å². The molecule has 0 N–H and O–H groups in total. The molecular weight excluding hydrogens is 288 g/mol. The lowest BCUT2D eigenvalue weighted by Gasteiger charge is -2.22. The molecule has 24 heavy (non-hydrogen) atoms. The fourth-order valence-electron chi connectivity index (χ4n) is 4.32. The number of benzene rings is 2. The van der Waals surface area contributed by atoms with Crippen molar-refractivity contribution in [2.75, 3.05) is 0 Å². The summed E-state index contributed by atoms with van der Waals surface area (Å²) in [5.74, 6) is 1.78. The highest BCUT2D eigenvalue weighted by Crippen LogP contribution is 2.28. The van der Waals surface area contributed by atoms with Gasteiger partial charge in [-0.1, -0.05) is 50.2 Å². The molecule has 0 fully saturated rings. The number of hydrogen-bond acceptors (Lipinski definition) is 0. The van der Waals surface area contributed by atoms with Crippen LogP contribution in [0.1, 0.15) is 60.1 Å². The first-order chi connectivity index (χ1) is 11.5. The van der Waals surface area contributed by atoms with E-state index in [4.69, 9.17) is 0 Å². The molecule has 2 atom stereocenters. The van der Waals surface area contributed by atoms with Crippen molar-refractivity contribution in [3.63, 3.8) is 0 Å².